The van der Waals surface area contributed by atoms with Gasteiger partial charge in [0.1, 0.15) is 11.6 Å². The molecule has 0 aliphatic carbocycles. The molecule has 1 aromatic heterocycles. The zero-order chi connectivity index (χ0) is 22.0. The van der Waals surface area contributed by atoms with E-state index in [9.17, 15) is 9.59 Å². The highest BCUT2D eigenvalue weighted by Gasteiger charge is 2.37. The largest absolute Gasteiger partial charge is 0.492 e. The first kappa shape index (κ1) is 20.9. The second-order valence-corrected chi connectivity index (χ2v) is 8.18. The van der Waals surface area contributed by atoms with Gasteiger partial charge in [-0.2, -0.15) is 0 Å². The van der Waals surface area contributed by atoms with Crippen molar-refractivity contribution in [1.82, 2.24) is 15.3 Å². The predicted molar refractivity (Wildman–Crippen MR) is 120 cm³/mol. The second kappa shape index (κ2) is 8.79. The van der Waals surface area contributed by atoms with Crippen LogP contribution in [0.1, 0.15) is 39.1 Å². The number of hydrogen-bond acceptors (Lipinski definition) is 4. The number of rotatable bonds is 7. The minimum Gasteiger partial charge on any atom is -0.492 e. The molecule has 3 aromatic rings. The highest BCUT2D eigenvalue weighted by atomic mass is 16.5. The first-order valence-electron chi connectivity index (χ1n) is 10.7. The summed E-state index contributed by atoms with van der Waals surface area (Å²) in [5, 5.41) is 3.13. The van der Waals surface area contributed by atoms with Gasteiger partial charge in [-0.3, -0.25) is 9.59 Å². The minimum atomic E-state index is -0.423. The van der Waals surface area contributed by atoms with E-state index in [2.05, 4.69) is 15.3 Å². The van der Waals surface area contributed by atoms with Crippen LogP contribution in [0.5, 0.6) is 5.75 Å². The van der Waals surface area contributed by atoms with Gasteiger partial charge in [0.25, 0.3) is 0 Å². The van der Waals surface area contributed by atoms with Crippen molar-refractivity contribution in [3.8, 4) is 5.75 Å². The van der Waals surface area contributed by atoms with E-state index >= 15 is 0 Å². The zero-order valence-electron chi connectivity index (χ0n) is 18.1. The number of carbonyl (C=O) groups excluding carboxylic acids is 2. The van der Waals surface area contributed by atoms with Gasteiger partial charge in [0, 0.05) is 13.0 Å². The number of nitrogens with zero attached hydrogens (tertiary/aromatic N) is 2. The summed E-state index contributed by atoms with van der Waals surface area (Å²) in [6, 6.07) is 15.0. The molecule has 7 heteroatoms. The maximum absolute atomic E-state index is 13.1. The van der Waals surface area contributed by atoms with Gasteiger partial charge < -0.3 is 19.9 Å². The van der Waals surface area contributed by atoms with Crippen molar-refractivity contribution < 1.29 is 14.3 Å². The van der Waals surface area contributed by atoms with Crippen LogP contribution < -0.4 is 15.0 Å². The maximum atomic E-state index is 13.1. The van der Waals surface area contributed by atoms with Crippen LogP contribution in [0.2, 0.25) is 0 Å². The predicted octanol–water partition coefficient (Wildman–Crippen LogP) is 3.83. The lowest BCUT2D eigenvalue weighted by atomic mass is 10.0. The molecule has 0 bridgehead atoms. The number of hydrogen-bond donors (Lipinski definition) is 2. The number of benzene rings is 2. The highest BCUT2D eigenvalue weighted by Crippen LogP contribution is 2.33. The molecule has 162 valence electrons. The third-order valence-electron chi connectivity index (χ3n) is 5.62. The van der Waals surface area contributed by atoms with E-state index in [1.807, 2.05) is 69.3 Å². The van der Waals surface area contributed by atoms with Crippen LogP contribution in [0.3, 0.4) is 0 Å². The molecule has 0 unspecified atom stereocenters. The monoisotopic (exact) mass is 420 g/mol. The SMILES string of the molecule is CCOc1ccccc1N1C[C@H](C(=O)N[C@@H](c2nc3ccccc3[nH]2)C(C)C)CC1=O. The highest BCUT2D eigenvalue weighted by molar-refractivity contribution is 6.01. The van der Waals surface area contributed by atoms with Crippen LogP contribution in [0.15, 0.2) is 48.5 Å². The Bertz CT molecular complexity index is 1060. The number of nitrogens with one attached hydrogen (secondary N) is 2. The number of fused-ring (bicyclic) bond motifs is 1. The molecule has 1 fully saturated rings. The topological polar surface area (TPSA) is 87.3 Å². The number of aromatic nitrogens is 2. The van der Waals surface area contributed by atoms with Crippen molar-refractivity contribution in [2.24, 2.45) is 11.8 Å². The Morgan fingerprint density at radius 1 is 1.23 bits per heavy atom. The van der Waals surface area contributed by atoms with Crippen LogP contribution in [-0.2, 0) is 9.59 Å². The summed E-state index contributed by atoms with van der Waals surface area (Å²) in [6.07, 6.45) is 0.178. The molecular formula is C24H28N4O3. The van der Waals surface area contributed by atoms with E-state index in [1.54, 1.807) is 4.90 Å². The Morgan fingerprint density at radius 3 is 2.71 bits per heavy atom. The summed E-state index contributed by atoms with van der Waals surface area (Å²) in [4.78, 5) is 35.5. The molecule has 0 spiro atoms. The van der Waals surface area contributed by atoms with Gasteiger partial charge in [0.2, 0.25) is 11.8 Å². The van der Waals surface area contributed by atoms with Crippen molar-refractivity contribution in [3.05, 3.63) is 54.4 Å². The molecule has 1 aliphatic rings. The van der Waals surface area contributed by atoms with Crippen molar-refractivity contribution in [3.63, 3.8) is 0 Å². The summed E-state index contributed by atoms with van der Waals surface area (Å²) in [5.74, 6) is 0.888. The Labute approximate surface area is 181 Å². The molecule has 2 atom stereocenters. The number of imidazole rings is 1. The van der Waals surface area contributed by atoms with Gasteiger partial charge in [-0.1, -0.05) is 38.1 Å². The Morgan fingerprint density at radius 2 is 1.97 bits per heavy atom. The van der Waals surface area contributed by atoms with Crippen molar-refractivity contribution >= 4 is 28.5 Å². The minimum absolute atomic E-state index is 0.0721. The normalized spacial score (nSPS) is 17.4. The van der Waals surface area contributed by atoms with Gasteiger partial charge in [0.15, 0.2) is 0 Å². The van der Waals surface area contributed by atoms with Crippen LogP contribution in [-0.4, -0.2) is 34.9 Å². The third kappa shape index (κ3) is 4.26. The molecule has 0 saturated carbocycles. The van der Waals surface area contributed by atoms with Gasteiger partial charge in [-0.25, -0.2) is 4.98 Å². The lowest BCUT2D eigenvalue weighted by Gasteiger charge is -2.23. The first-order chi connectivity index (χ1) is 15.0. The van der Waals surface area contributed by atoms with E-state index in [4.69, 9.17) is 4.74 Å². The molecule has 4 rings (SSSR count). The molecule has 7 nitrogen and oxygen atoms in total. The molecule has 1 saturated heterocycles. The average Bonchev–Trinajstić information content (AvgIpc) is 3.35. The van der Waals surface area contributed by atoms with E-state index in [0.29, 0.717) is 24.6 Å². The number of carbonyl (C=O) groups is 2. The van der Waals surface area contributed by atoms with E-state index in [0.717, 1.165) is 16.9 Å². The zero-order valence-corrected chi connectivity index (χ0v) is 18.1. The lowest BCUT2D eigenvalue weighted by molar-refractivity contribution is -0.127. The average molecular weight is 421 g/mol. The molecule has 2 N–H and O–H groups in total. The molecule has 2 amide bonds. The summed E-state index contributed by atoms with van der Waals surface area (Å²) >= 11 is 0. The van der Waals surface area contributed by atoms with Crippen molar-refractivity contribution in [1.29, 1.82) is 0 Å². The number of anilines is 1. The number of H-pyrrole nitrogens is 1. The Balaban J connectivity index is 1.51. The molecule has 2 heterocycles. The number of aromatic amines is 1. The quantitative estimate of drug-likeness (QED) is 0.608. The van der Waals surface area contributed by atoms with Crippen LogP contribution in [0, 0.1) is 11.8 Å². The number of amides is 2. The standard InChI is InChI=1S/C24H28N4O3/c1-4-31-20-12-8-7-11-19(20)28-14-16(13-21(28)29)24(30)27-22(15(2)3)23-25-17-9-5-6-10-18(17)26-23/h5-12,15-16,22H,4,13-14H2,1-3H3,(H,25,26)(H,27,30)/t16-,22-/m1/s1. The second-order valence-electron chi connectivity index (χ2n) is 8.18. The van der Waals surface area contributed by atoms with Gasteiger partial charge in [0.05, 0.1) is 35.3 Å². The number of para-hydroxylation sites is 4. The fourth-order valence-corrected chi connectivity index (χ4v) is 4.02. The summed E-state index contributed by atoms with van der Waals surface area (Å²) < 4.78 is 5.67. The van der Waals surface area contributed by atoms with Crippen LogP contribution in [0.4, 0.5) is 5.69 Å². The smallest absolute Gasteiger partial charge is 0.227 e. The van der Waals surface area contributed by atoms with E-state index in [1.165, 1.54) is 0 Å². The molecular weight excluding hydrogens is 392 g/mol. The third-order valence-corrected chi connectivity index (χ3v) is 5.62. The Kier molecular flexibility index (Phi) is 5.93. The van der Waals surface area contributed by atoms with Gasteiger partial charge in [-0.05, 0) is 37.1 Å². The lowest BCUT2D eigenvalue weighted by Crippen LogP contribution is -2.38. The number of ether oxygens (including phenoxy) is 1. The molecule has 1 aliphatic heterocycles. The van der Waals surface area contributed by atoms with Crippen LogP contribution >= 0.6 is 0 Å². The Hall–Kier alpha value is -3.35. The van der Waals surface area contributed by atoms with Crippen molar-refractivity contribution in [2.45, 2.75) is 33.2 Å². The van der Waals surface area contributed by atoms with Gasteiger partial charge >= 0.3 is 0 Å². The first-order valence-corrected chi connectivity index (χ1v) is 10.7. The summed E-state index contributed by atoms with van der Waals surface area (Å²) in [6.45, 7) is 6.84. The van der Waals surface area contributed by atoms with Crippen LogP contribution in [0.25, 0.3) is 11.0 Å². The van der Waals surface area contributed by atoms with Crippen molar-refractivity contribution in [2.75, 3.05) is 18.1 Å². The molecule has 31 heavy (non-hydrogen) atoms. The molecule has 2 aromatic carbocycles. The van der Waals surface area contributed by atoms with E-state index < -0.39 is 5.92 Å². The summed E-state index contributed by atoms with van der Waals surface area (Å²) in [7, 11) is 0. The fraction of sp³-hybridized carbons (Fsp3) is 0.375. The fourth-order valence-electron chi connectivity index (χ4n) is 4.02. The maximum Gasteiger partial charge on any atom is 0.227 e. The summed E-state index contributed by atoms with van der Waals surface area (Å²) in [5.41, 5.74) is 2.52. The van der Waals surface area contributed by atoms with E-state index in [-0.39, 0.29) is 30.2 Å². The van der Waals surface area contributed by atoms with Gasteiger partial charge in [-0.15, -0.1) is 0 Å². The molecule has 0 radical (unpaired) electrons.